The van der Waals surface area contributed by atoms with Gasteiger partial charge in [0.15, 0.2) is 0 Å². The van der Waals surface area contributed by atoms with Crippen LogP contribution in [0.2, 0.25) is 0 Å². The topological polar surface area (TPSA) is 41.1 Å². The van der Waals surface area contributed by atoms with E-state index in [9.17, 15) is 4.79 Å². The summed E-state index contributed by atoms with van der Waals surface area (Å²) < 4.78 is 0. The minimum atomic E-state index is 0.0645. The summed E-state index contributed by atoms with van der Waals surface area (Å²) in [4.78, 5) is 13.7. The monoisotopic (exact) mass is 356 g/mol. The summed E-state index contributed by atoms with van der Waals surface area (Å²) in [7, 11) is 0. The van der Waals surface area contributed by atoms with E-state index in [-0.39, 0.29) is 11.9 Å². The molecule has 0 unspecified atom stereocenters. The Labute approximate surface area is 154 Å². The molecule has 25 heavy (non-hydrogen) atoms. The van der Waals surface area contributed by atoms with Crippen molar-refractivity contribution in [2.24, 2.45) is 11.8 Å². The molecule has 1 heterocycles. The molecule has 1 saturated carbocycles. The highest BCUT2D eigenvalue weighted by atomic mass is 32.1. The fraction of sp³-hybridized carbons (Fsp3) is 0.476. The zero-order valence-corrected chi connectivity index (χ0v) is 15.9. The Morgan fingerprint density at radius 1 is 1.16 bits per heavy atom. The number of thiophene rings is 1. The van der Waals surface area contributed by atoms with Crippen molar-refractivity contribution < 1.29 is 4.79 Å². The molecular weight excluding hydrogens is 328 g/mol. The molecule has 0 radical (unpaired) electrons. The molecule has 1 aromatic carbocycles. The Kier molecular flexibility index (Phi) is 6.27. The van der Waals surface area contributed by atoms with Gasteiger partial charge in [-0.2, -0.15) is 0 Å². The van der Waals surface area contributed by atoms with Crippen molar-refractivity contribution >= 4 is 17.2 Å². The molecule has 2 N–H and O–H groups in total. The Hall–Kier alpha value is -1.65. The number of rotatable bonds is 6. The molecule has 0 bridgehead atoms. The lowest BCUT2D eigenvalue weighted by Crippen LogP contribution is -2.47. The van der Waals surface area contributed by atoms with Crippen LogP contribution in [-0.2, 0) is 4.79 Å². The molecule has 2 aromatic rings. The summed E-state index contributed by atoms with van der Waals surface area (Å²) in [5.74, 6) is 1.35. The lowest BCUT2D eigenvalue weighted by Gasteiger charge is -2.34. The average Bonchev–Trinajstić information content (AvgIpc) is 3.14. The number of nitrogens with one attached hydrogen (secondary N) is 2. The van der Waals surface area contributed by atoms with Crippen LogP contribution in [0.4, 0.5) is 0 Å². The van der Waals surface area contributed by atoms with Gasteiger partial charge in [-0.1, -0.05) is 63.1 Å². The van der Waals surface area contributed by atoms with Gasteiger partial charge in [0.05, 0.1) is 12.6 Å². The molecule has 0 spiro atoms. The van der Waals surface area contributed by atoms with Crippen LogP contribution in [0, 0.1) is 11.8 Å². The fourth-order valence-electron chi connectivity index (χ4n) is 3.72. The van der Waals surface area contributed by atoms with E-state index in [1.165, 1.54) is 23.3 Å². The van der Waals surface area contributed by atoms with E-state index in [0.29, 0.717) is 24.4 Å². The molecule has 4 atom stereocenters. The maximum atomic E-state index is 12.5. The second kappa shape index (κ2) is 8.63. The van der Waals surface area contributed by atoms with E-state index in [1.807, 2.05) is 18.2 Å². The first kappa shape index (κ1) is 18.2. The third-order valence-electron chi connectivity index (χ3n) is 5.48. The van der Waals surface area contributed by atoms with E-state index in [2.05, 4.69) is 54.1 Å². The molecule has 3 nitrogen and oxygen atoms in total. The maximum Gasteiger partial charge on any atom is 0.234 e. The number of carbonyl (C=O) groups is 1. The minimum Gasteiger partial charge on any atom is -0.352 e. The van der Waals surface area contributed by atoms with Gasteiger partial charge in [-0.05, 0) is 35.3 Å². The maximum absolute atomic E-state index is 12.5. The molecule has 134 valence electrons. The molecular formula is C21H28N2OS. The Morgan fingerprint density at radius 2 is 1.96 bits per heavy atom. The van der Waals surface area contributed by atoms with Gasteiger partial charge < -0.3 is 5.32 Å². The van der Waals surface area contributed by atoms with Crippen molar-refractivity contribution in [3.05, 3.63) is 58.3 Å². The van der Waals surface area contributed by atoms with Crippen molar-refractivity contribution in [3.63, 3.8) is 0 Å². The summed E-state index contributed by atoms with van der Waals surface area (Å²) in [5.41, 5.74) is 1.19. The van der Waals surface area contributed by atoms with E-state index in [1.54, 1.807) is 11.3 Å². The highest BCUT2D eigenvalue weighted by Gasteiger charge is 2.28. The standard InChI is InChI=1S/C21H28N2OS/c1-15-8-6-11-18(16(15)2)23-20(24)14-22-21(19-12-7-13-25-19)17-9-4-3-5-10-17/h3-5,7,9-10,12-13,15-16,18,21-22H,6,8,11,14H2,1-2H3,(H,23,24)/t15-,16-,18+,21+/m1/s1. The summed E-state index contributed by atoms with van der Waals surface area (Å²) in [6, 6.07) is 14.9. The van der Waals surface area contributed by atoms with Gasteiger partial charge in [-0.25, -0.2) is 0 Å². The molecule has 3 rings (SSSR count). The summed E-state index contributed by atoms with van der Waals surface area (Å²) in [5, 5.41) is 8.79. The smallest absolute Gasteiger partial charge is 0.234 e. The number of hydrogen-bond acceptors (Lipinski definition) is 3. The van der Waals surface area contributed by atoms with Gasteiger partial charge in [-0.3, -0.25) is 10.1 Å². The zero-order valence-electron chi connectivity index (χ0n) is 15.1. The first-order valence-electron chi connectivity index (χ1n) is 9.26. The van der Waals surface area contributed by atoms with Crippen molar-refractivity contribution in [1.82, 2.24) is 10.6 Å². The van der Waals surface area contributed by atoms with Crippen LogP contribution in [0.15, 0.2) is 47.8 Å². The van der Waals surface area contributed by atoms with Crippen LogP contribution < -0.4 is 10.6 Å². The quantitative estimate of drug-likeness (QED) is 0.807. The molecule has 1 aromatic heterocycles. The lowest BCUT2D eigenvalue weighted by molar-refractivity contribution is -0.121. The Bertz CT molecular complexity index is 656. The van der Waals surface area contributed by atoms with Crippen LogP contribution in [0.1, 0.15) is 49.6 Å². The van der Waals surface area contributed by atoms with E-state index >= 15 is 0 Å². The SMILES string of the molecule is C[C@@H]1[C@H](C)CCC[C@@H]1NC(=O)CN[C@@H](c1ccccc1)c1cccs1. The molecule has 1 fully saturated rings. The molecule has 0 saturated heterocycles. The predicted molar refractivity (Wildman–Crippen MR) is 105 cm³/mol. The number of amides is 1. The van der Waals surface area contributed by atoms with Crippen molar-refractivity contribution in [2.75, 3.05) is 6.54 Å². The van der Waals surface area contributed by atoms with Crippen molar-refractivity contribution in [1.29, 1.82) is 0 Å². The normalized spacial score (nSPS) is 24.6. The van der Waals surface area contributed by atoms with Gasteiger partial charge in [0.1, 0.15) is 0 Å². The molecule has 1 aliphatic carbocycles. The first-order chi connectivity index (χ1) is 12.1. The van der Waals surface area contributed by atoms with Crippen LogP contribution in [0.5, 0.6) is 0 Å². The molecule has 4 heteroatoms. The van der Waals surface area contributed by atoms with Gasteiger partial charge in [0.2, 0.25) is 5.91 Å². The Balaban J connectivity index is 1.60. The molecule has 0 aliphatic heterocycles. The fourth-order valence-corrected chi connectivity index (χ4v) is 4.55. The van der Waals surface area contributed by atoms with E-state index in [0.717, 1.165) is 6.42 Å². The number of benzene rings is 1. The largest absolute Gasteiger partial charge is 0.352 e. The van der Waals surface area contributed by atoms with Gasteiger partial charge in [-0.15, -0.1) is 11.3 Å². The van der Waals surface area contributed by atoms with Crippen molar-refractivity contribution in [2.45, 2.75) is 45.2 Å². The number of carbonyl (C=O) groups excluding carboxylic acids is 1. The predicted octanol–water partition coefficient (Wildman–Crippen LogP) is 4.37. The highest BCUT2D eigenvalue weighted by Crippen LogP contribution is 2.29. The van der Waals surface area contributed by atoms with Crippen LogP contribution in [0.3, 0.4) is 0 Å². The second-order valence-electron chi connectivity index (χ2n) is 7.18. The molecule has 1 aliphatic rings. The first-order valence-corrected chi connectivity index (χ1v) is 10.1. The van der Waals surface area contributed by atoms with Crippen molar-refractivity contribution in [3.8, 4) is 0 Å². The number of hydrogen-bond donors (Lipinski definition) is 2. The minimum absolute atomic E-state index is 0.0645. The van der Waals surface area contributed by atoms with Gasteiger partial charge >= 0.3 is 0 Å². The third kappa shape index (κ3) is 4.71. The van der Waals surface area contributed by atoms with Crippen LogP contribution in [-0.4, -0.2) is 18.5 Å². The van der Waals surface area contributed by atoms with E-state index < -0.39 is 0 Å². The Morgan fingerprint density at radius 3 is 2.68 bits per heavy atom. The van der Waals surface area contributed by atoms with Crippen LogP contribution in [0.25, 0.3) is 0 Å². The van der Waals surface area contributed by atoms with E-state index in [4.69, 9.17) is 0 Å². The summed E-state index contributed by atoms with van der Waals surface area (Å²) >= 11 is 1.72. The summed E-state index contributed by atoms with van der Waals surface area (Å²) in [6.07, 6.45) is 3.59. The molecule has 1 amide bonds. The lowest BCUT2D eigenvalue weighted by atomic mass is 9.78. The van der Waals surface area contributed by atoms with Gasteiger partial charge in [0.25, 0.3) is 0 Å². The highest BCUT2D eigenvalue weighted by molar-refractivity contribution is 7.10. The zero-order chi connectivity index (χ0) is 17.6. The van der Waals surface area contributed by atoms with Gasteiger partial charge in [0, 0.05) is 10.9 Å². The summed E-state index contributed by atoms with van der Waals surface area (Å²) in [6.45, 7) is 4.90. The van der Waals surface area contributed by atoms with Crippen LogP contribution >= 0.6 is 11.3 Å². The second-order valence-corrected chi connectivity index (χ2v) is 8.16. The average molecular weight is 357 g/mol. The third-order valence-corrected chi connectivity index (χ3v) is 6.42.